The van der Waals surface area contributed by atoms with Crippen molar-refractivity contribution in [2.24, 2.45) is 7.05 Å². The van der Waals surface area contributed by atoms with E-state index in [1.807, 2.05) is 0 Å². The minimum Gasteiger partial charge on any atom is -0.384 e. The van der Waals surface area contributed by atoms with Gasteiger partial charge in [-0.15, -0.1) is 0 Å². The summed E-state index contributed by atoms with van der Waals surface area (Å²) in [5.74, 6) is -0.168. The van der Waals surface area contributed by atoms with Gasteiger partial charge in [-0.1, -0.05) is 11.6 Å². The molecule has 0 aliphatic heterocycles. The highest BCUT2D eigenvalue weighted by molar-refractivity contribution is 6.30. The van der Waals surface area contributed by atoms with Crippen LogP contribution in [0.4, 0.5) is 0 Å². The summed E-state index contributed by atoms with van der Waals surface area (Å²) >= 11 is 5.84. The molecule has 3 rings (SSSR count). The Morgan fingerprint density at radius 1 is 1.17 bits per heavy atom. The molecule has 3 aromatic rings. The molecule has 0 saturated carbocycles. The highest BCUT2D eigenvalue weighted by atomic mass is 35.5. The monoisotopic (exact) mass is 342 g/mol. The van der Waals surface area contributed by atoms with Crippen LogP contribution in [0.5, 0.6) is 0 Å². The second-order valence-electron chi connectivity index (χ2n) is 5.49. The van der Waals surface area contributed by atoms with E-state index in [1.54, 1.807) is 54.2 Å². The van der Waals surface area contributed by atoms with Gasteiger partial charge in [0, 0.05) is 41.7 Å². The molecular formula is C18H15ClN2O3. The lowest BCUT2D eigenvalue weighted by atomic mass is 10.0. The molecule has 122 valence electrons. The van der Waals surface area contributed by atoms with E-state index < -0.39 is 6.10 Å². The van der Waals surface area contributed by atoms with E-state index in [9.17, 15) is 14.7 Å². The molecule has 0 amide bonds. The van der Waals surface area contributed by atoms with E-state index in [0.717, 1.165) is 0 Å². The van der Waals surface area contributed by atoms with Crippen LogP contribution in [0.15, 0.2) is 59.7 Å². The standard InChI is InChI=1S/C18H15ClN2O3/c1-21-10-13(17(23)12-6-7-20-16(22)9-12)8-15(21)18(24)11-2-4-14(19)5-3-11/h2-10,17,23H,1H3,(H,20,22). The van der Waals surface area contributed by atoms with Crippen molar-refractivity contribution in [3.8, 4) is 0 Å². The number of H-pyrrole nitrogens is 1. The Balaban J connectivity index is 1.94. The van der Waals surface area contributed by atoms with Gasteiger partial charge in [0.25, 0.3) is 0 Å². The number of nitrogens with zero attached hydrogens (tertiary/aromatic N) is 1. The molecule has 0 saturated heterocycles. The normalized spacial score (nSPS) is 12.1. The summed E-state index contributed by atoms with van der Waals surface area (Å²) in [6, 6.07) is 11.2. The number of aromatic nitrogens is 2. The van der Waals surface area contributed by atoms with Crippen LogP contribution in [0.3, 0.4) is 0 Å². The van der Waals surface area contributed by atoms with Crippen molar-refractivity contribution in [3.05, 3.63) is 92.6 Å². The quantitative estimate of drug-likeness (QED) is 0.716. The molecule has 2 N–H and O–H groups in total. The molecule has 1 aromatic carbocycles. The number of benzene rings is 1. The Hall–Kier alpha value is -2.63. The van der Waals surface area contributed by atoms with Gasteiger partial charge in [0.05, 0.1) is 5.69 Å². The highest BCUT2D eigenvalue weighted by Gasteiger charge is 2.19. The van der Waals surface area contributed by atoms with Gasteiger partial charge in [-0.3, -0.25) is 9.59 Å². The average Bonchev–Trinajstić information content (AvgIpc) is 2.96. The zero-order chi connectivity index (χ0) is 17.3. The van der Waals surface area contributed by atoms with Crippen molar-refractivity contribution in [2.75, 3.05) is 0 Å². The molecule has 1 unspecified atom stereocenters. The number of aliphatic hydroxyl groups excluding tert-OH is 1. The van der Waals surface area contributed by atoms with Gasteiger partial charge in [-0.25, -0.2) is 0 Å². The Morgan fingerprint density at radius 3 is 2.54 bits per heavy atom. The molecule has 24 heavy (non-hydrogen) atoms. The van der Waals surface area contributed by atoms with E-state index in [2.05, 4.69) is 4.98 Å². The van der Waals surface area contributed by atoms with Crippen LogP contribution in [0.25, 0.3) is 0 Å². The van der Waals surface area contributed by atoms with Crippen molar-refractivity contribution < 1.29 is 9.90 Å². The van der Waals surface area contributed by atoms with Gasteiger partial charge in [0.2, 0.25) is 11.3 Å². The number of nitrogens with one attached hydrogen (secondary N) is 1. The third kappa shape index (κ3) is 3.18. The number of aryl methyl sites for hydroxylation is 1. The fourth-order valence-electron chi connectivity index (χ4n) is 2.54. The van der Waals surface area contributed by atoms with Gasteiger partial charge < -0.3 is 14.7 Å². The van der Waals surface area contributed by atoms with Gasteiger partial charge in [-0.05, 0) is 42.0 Å². The van der Waals surface area contributed by atoms with Crippen LogP contribution >= 0.6 is 11.6 Å². The maximum absolute atomic E-state index is 12.6. The molecule has 5 nitrogen and oxygen atoms in total. The minimum atomic E-state index is -0.981. The molecular weight excluding hydrogens is 328 g/mol. The van der Waals surface area contributed by atoms with Crippen LogP contribution in [0.2, 0.25) is 5.02 Å². The molecule has 0 spiro atoms. The smallest absolute Gasteiger partial charge is 0.248 e. The molecule has 0 radical (unpaired) electrons. The van der Waals surface area contributed by atoms with Crippen LogP contribution < -0.4 is 5.56 Å². The molecule has 2 heterocycles. The lowest BCUT2D eigenvalue weighted by molar-refractivity contribution is 0.103. The summed E-state index contributed by atoms with van der Waals surface area (Å²) < 4.78 is 1.66. The van der Waals surface area contributed by atoms with Crippen molar-refractivity contribution in [2.45, 2.75) is 6.10 Å². The van der Waals surface area contributed by atoms with Crippen LogP contribution in [-0.4, -0.2) is 20.4 Å². The summed E-state index contributed by atoms with van der Waals surface area (Å²) in [5, 5.41) is 11.0. The number of rotatable bonds is 4. The predicted molar refractivity (Wildman–Crippen MR) is 91.4 cm³/mol. The minimum absolute atomic E-state index is 0.168. The van der Waals surface area contributed by atoms with Gasteiger partial charge >= 0.3 is 0 Å². The van der Waals surface area contributed by atoms with E-state index in [4.69, 9.17) is 11.6 Å². The SMILES string of the molecule is Cn1cc(C(O)c2cc[nH]c(=O)c2)cc1C(=O)c1ccc(Cl)cc1. The number of pyridine rings is 1. The third-order valence-corrected chi connectivity index (χ3v) is 4.05. The Kier molecular flexibility index (Phi) is 4.38. The van der Waals surface area contributed by atoms with Crippen LogP contribution in [0.1, 0.15) is 33.3 Å². The summed E-state index contributed by atoms with van der Waals surface area (Å²) in [4.78, 5) is 26.5. The summed E-state index contributed by atoms with van der Waals surface area (Å²) in [7, 11) is 1.73. The Labute approximate surface area is 143 Å². The van der Waals surface area contributed by atoms with E-state index in [0.29, 0.717) is 27.4 Å². The van der Waals surface area contributed by atoms with Crippen LogP contribution in [0, 0.1) is 0 Å². The summed E-state index contributed by atoms with van der Waals surface area (Å²) in [6.45, 7) is 0. The first-order chi connectivity index (χ1) is 11.5. The first-order valence-electron chi connectivity index (χ1n) is 7.29. The van der Waals surface area contributed by atoms with E-state index in [1.165, 1.54) is 12.3 Å². The molecule has 6 heteroatoms. The third-order valence-electron chi connectivity index (χ3n) is 3.80. The van der Waals surface area contributed by atoms with Crippen molar-refractivity contribution in [1.29, 1.82) is 0 Å². The van der Waals surface area contributed by atoms with Gasteiger partial charge in [0.15, 0.2) is 0 Å². The number of carbonyl (C=O) groups excluding carboxylic acids is 1. The number of carbonyl (C=O) groups is 1. The number of aliphatic hydroxyl groups is 1. The number of hydrogen-bond donors (Lipinski definition) is 2. The molecule has 2 aromatic heterocycles. The number of hydrogen-bond acceptors (Lipinski definition) is 3. The number of aromatic amines is 1. The summed E-state index contributed by atoms with van der Waals surface area (Å²) in [6.07, 6.45) is 2.17. The maximum atomic E-state index is 12.6. The fraction of sp³-hybridized carbons (Fsp3) is 0.111. The number of ketones is 1. The zero-order valence-electron chi connectivity index (χ0n) is 12.9. The summed E-state index contributed by atoms with van der Waals surface area (Å²) in [5.41, 5.74) is 1.67. The molecule has 0 fully saturated rings. The topological polar surface area (TPSA) is 75.1 Å². The van der Waals surface area contributed by atoms with Crippen molar-refractivity contribution in [3.63, 3.8) is 0 Å². The first kappa shape index (κ1) is 16.2. The first-order valence-corrected chi connectivity index (χ1v) is 7.67. The van der Waals surface area contributed by atoms with Crippen molar-refractivity contribution >= 4 is 17.4 Å². The van der Waals surface area contributed by atoms with Gasteiger partial charge in [-0.2, -0.15) is 0 Å². The van der Waals surface area contributed by atoms with Crippen molar-refractivity contribution in [1.82, 2.24) is 9.55 Å². The second-order valence-corrected chi connectivity index (χ2v) is 5.93. The van der Waals surface area contributed by atoms with E-state index >= 15 is 0 Å². The molecule has 0 aliphatic rings. The fourth-order valence-corrected chi connectivity index (χ4v) is 2.66. The zero-order valence-corrected chi connectivity index (χ0v) is 13.6. The highest BCUT2D eigenvalue weighted by Crippen LogP contribution is 2.24. The molecule has 0 aliphatic carbocycles. The Bertz CT molecular complexity index is 941. The Morgan fingerprint density at radius 2 is 1.88 bits per heavy atom. The average molecular weight is 343 g/mol. The second kappa shape index (κ2) is 6.47. The van der Waals surface area contributed by atoms with E-state index in [-0.39, 0.29) is 11.3 Å². The number of halogens is 1. The lowest BCUT2D eigenvalue weighted by Gasteiger charge is -2.07. The molecule has 0 bridgehead atoms. The molecule has 1 atom stereocenters. The lowest BCUT2D eigenvalue weighted by Crippen LogP contribution is -2.07. The maximum Gasteiger partial charge on any atom is 0.248 e. The largest absolute Gasteiger partial charge is 0.384 e. The predicted octanol–water partition coefficient (Wildman–Crippen LogP) is 2.68. The van der Waals surface area contributed by atoms with Crippen LogP contribution in [-0.2, 0) is 7.05 Å². The van der Waals surface area contributed by atoms with Gasteiger partial charge in [0.1, 0.15) is 6.10 Å².